The number of hydrogen-bond acceptors (Lipinski definition) is 6. The first kappa shape index (κ1) is 17.7. The van der Waals surface area contributed by atoms with Crippen molar-refractivity contribution in [2.75, 3.05) is 5.32 Å². The van der Waals surface area contributed by atoms with Crippen LogP contribution in [0.4, 0.5) is 11.6 Å². The predicted molar refractivity (Wildman–Crippen MR) is 98.6 cm³/mol. The minimum atomic E-state index is -3.73. The maximum absolute atomic E-state index is 11.5. The summed E-state index contributed by atoms with van der Waals surface area (Å²) in [4.78, 5) is 20.2. The molecule has 0 bridgehead atoms. The van der Waals surface area contributed by atoms with E-state index in [0.29, 0.717) is 22.9 Å². The molecule has 0 saturated heterocycles. The first-order valence-electron chi connectivity index (χ1n) is 7.67. The second-order valence-corrected chi connectivity index (χ2v) is 7.16. The standard InChI is InChI=1S/C18H16N4O3S/c1-12(23)13-3-2-4-14(11-13)17-9-10-20-18(22-17)21-15-5-7-16(8-6-15)26(19,24)25/h2-11H,1H3,(H2,19,24,25)(H,20,21,22). The van der Waals surface area contributed by atoms with Gasteiger partial charge in [-0.15, -0.1) is 0 Å². The summed E-state index contributed by atoms with van der Waals surface area (Å²) in [6, 6.07) is 14.9. The highest BCUT2D eigenvalue weighted by atomic mass is 32.2. The van der Waals surface area contributed by atoms with Crippen molar-refractivity contribution in [3.63, 3.8) is 0 Å². The Balaban J connectivity index is 1.86. The molecule has 8 heteroatoms. The van der Waals surface area contributed by atoms with Gasteiger partial charge in [0.05, 0.1) is 10.6 Å². The Labute approximate surface area is 151 Å². The van der Waals surface area contributed by atoms with Gasteiger partial charge in [-0.2, -0.15) is 0 Å². The van der Waals surface area contributed by atoms with E-state index in [-0.39, 0.29) is 10.7 Å². The number of nitrogens with zero attached hydrogens (tertiary/aromatic N) is 2. The highest BCUT2D eigenvalue weighted by Gasteiger charge is 2.08. The van der Waals surface area contributed by atoms with Crippen LogP contribution in [0.25, 0.3) is 11.3 Å². The number of benzene rings is 2. The lowest BCUT2D eigenvalue weighted by molar-refractivity contribution is 0.101. The quantitative estimate of drug-likeness (QED) is 0.669. The number of primary sulfonamides is 1. The Morgan fingerprint density at radius 2 is 1.81 bits per heavy atom. The fraction of sp³-hybridized carbons (Fsp3) is 0.0556. The van der Waals surface area contributed by atoms with Gasteiger partial charge in [0.2, 0.25) is 16.0 Å². The normalized spacial score (nSPS) is 11.2. The van der Waals surface area contributed by atoms with Crippen LogP contribution in [0, 0.1) is 0 Å². The summed E-state index contributed by atoms with van der Waals surface area (Å²) in [7, 11) is -3.73. The van der Waals surface area contributed by atoms with Crippen LogP contribution in [0.1, 0.15) is 17.3 Å². The number of rotatable bonds is 5. The average Bonchev–Trinajstić information content (AvgIpc) is 2.62. The Morgan fingerprint density at radius 3 is 2.46 bits per heavy atom. The van der Waals surface area contributed by atoms with Crippen LogP contribution in [0.5, 0.6) is 0 Å². The van der Waals surface area contributed by atoms with Crippen molar-refractivity contribution in [1.29, 1.82) is 0 Å². The molecule has 3 N–H and O–H groups in total. The molecule has 1 heterocycles. The Morgan fingerprint density at radius 1 is 1.08 bits per heavy atom. The minimum Gasteiger partial charge on any atom is -0.324 e. The number of aromatic nitrogens is 2. The molecule has 0 radical (unpaired) electrons. The summed E-state index contributed by atoms with van der Waals surface area (Å²) in [5.74, 6) is 0.327. The molecular formula is C18H16N4O3S. The van der Waals surface area contributed by atoms with Gasteiger partial charge in [0, 0.05) is 23.0 Å². The molecule has 1 aromatic heterocycles. The number of ketones is 1. The lowest BCUT2D eigenvalue weighted by Gasteiger charge is -2.08. The summed E-state index contributed by atoms with van der Waals surface area (Å²) in [6.07, 6.45) is 1.60. The zero-order valence-corrected chi connectivity index (χ0v) is 14.7. The van der Waals surface area contributed by atoms with E-state index in [1.807, 2.05) is 6.07 Å². The monoisotopic (exact) mass is 368 g/mol. The molecule has 0 aliphatic heterocycles. The van der Waals surface area contributed by atoms with Gasteiger partial charge >= 0.3 is 0 Å². The van der Waals surface area contributed by atoms with E-state index in [4.69, 9.17) is 5.14 Å². The third-order valence-electron chi connectivity index (χ3n) is 3.66. The van der Waals surface area contributed by atoms with Crippen molar-refractivity contribution >= 4 is 27.4 Å². The van der Waals surface area contributed by atoms with Crippen LogP contribution in [0.2, 0.25) is 0 Å². The van der Waals surface area contributed by atoms with E-state index in [1.165, 1.54) is 19.1 Å². The second kappa shape index (κ2) is 7.03. The summed E-state index contributed by atoms with van der Waals surface area (Å²) in [5, 5.41) is 8.09. The third kappa shape index (κ3) is 4.11. The lowest BCUT2D eigenvalue weighted by atomic mass is 10.1. The fourth-order valence-electron chi connectivity index (χ4n) is 2.33. The first-order valence-corrected chi connectivity index (χ1v) is 9.22. The minimum absolute atomic E-state index is 0.0193. The van der Waals surface area contributed by atoms with Gasteiger partial charge in [-0.1, -0.05) is 18.2 Å². The third-order valence-corrected chi connectivity index (χ3v) is 4.59. The molecule has 0 aliphatic carbocycles. The Kier molecular flexibility index (Phi) is 4.79. The molecule has 26 heavy (non-hydrogen) atoms. The van der Waals surface area contributed by atoms with Crippen molar-refractivity contribution in [1.82, 2.24) is 9.97 Å². The highest BCUT2D eigenvalue weighted by Crippen LogP contribution is 2.21. The van der Waals surface area contributed by atoms with Crippen molar-refractivity contribution < 1.29 is 13.2 Å². The number of sulfonamides is 1. The van der Waals surface area contributed by atoms with E-state index in [0.717, 1.165) is 5.56 Å². The van der Waals surface area contributed by atoms with Crippen LogP contribution in [-0.4, -0.2) is 24.2 Å². The molecule has 132 valence electrons. The van der Waals surface area contributed by atoms with Crippen molar-refractivity contribution in [2.24, 2.45) is 5.14 Å². The summed E-state index contributed by atoms with van der Waals surface area (Å²) in [6.45, 7) is 1.51. The van der Waals surface area contributed by atoms with Crippen LogP contribution in [0.15, 0.2) is 65.7 Å². The number of nitrogens with two attached hydrogens (primary N) is 1. The second-order valence-electron chi connectivity index (χ2n) is 5.60. The average molecular weight is 368 g/mol. The Bertz CT molecular complexity index is 1060. The van der Waals surface area contributed by atoms with E-state index >= 15 is 0 Å². The topological polar surface area (TPSA) is 115 Å². The van der Waals surface area contributed by atoms with Crippen molar-refractivity contribution in [3.05, 3.63) is 66.4 Å². The van der Waals surface area contributed by atoms with Crippen molar-refractivity contribution in [2.45, 2.75) is 11.8 Å². The number of anilines is 2. The molecule has 0 aliphatic rings. The molecule has 0 unspecified atom stereocenters. The van der Waals surface area contributed by atoms with Gasteiger partial charge in [-0.05, 0) is 43.3 Å². The maximum Gasteiger partial charge on any atom is 0.238 e. The smallest absolute Gasteiger partial charge is 0.238 e. The zero-order valence-electron chi connectivity index (χ0n) is 13.9. The molecule has 0 saturated carbocycles. The van der Waals surface area contributed by atoms with Gasteiger partial charge in [-0.25, -0.2) is 23.5 Å². The molecule has 2 aromatic carbocycles. The van der Waals surface area contributed by atoms with E-state index < -0.39 is 10.0 Å². The first-order chi connectivity index (χ1) is 12.3. The number of hydrogen-bond donors (Lipinski definition) is 2. The highest BCUT2D eigenvalue weighted by molar-refractivity contribution is 7.89. The number of carbonyl (C=O) groups excluding carboxylic acids is 1. The van der Waals surface area contributed by atoms with Gasteiger partial charge in [0.15, 0.2) is 5.78 Å². The van der Waals surface area contributed by atoms with Gasteiger partial charge in [-0.3, -0.25) is 4.79 Å². The van der Waals surface area contributed by atoms with Gasteiger partial charge in [0.1, 0.15) is 0 Å². The molecule has 0 atom stereocenters. The molecular weight excluding hydrogens is 352 g/mol. The summed E-state index contributed by atoms with van der Waals surface area (Å²) >= 11 is 0. The van der Waals surface area contributed by atoms with E-state index in [9.17, 15) is 13.2 Å². The van der Waals surface area contributed by atoms with E-state index in [1.54, 1.807) is 42.6 Å². The molecule has 3 aromatic rings. The van der Waals surface area contributed by atoms with Crippen LogP contribution in [0.3, 0.4) is 0 Å². The molecule has 7 nitrogen and oxygen atoms in total. The zero-order chi connectivity index (χ0) is 18.7. The number of carbonyl (C=O) groups is 1. The van der Waals surface area contributed by atoms with Crippen LogP contribution >= 0.6 is 0 Å². The fourth-order valence-corrected chi connectivity index (χ4v) is 2.85. The molecule has 0 fully saturated rings. The van der Waals surface area contributed by atoms with Gasteiger partial charge in [0.25, 0.3) is 0 Å². The maximum atomic E-state index is 11.5. The number of Topliss-reactive ketones (excluding diaryl/α,β-unsaturated/α-hetero) is 1. The molecule has 0 spiro atoms. The lowest BCUT2D eigenvalue weighted by Crippen LogP contribution is -2.11. The summed E-state index contributed by atoms with van der Waals surface area (Å²) < 4.78 is 22.6. The molecule has 3 rings (SSSR count). The summed E-state index contributed by atoms with van der Waals surface area (Å²) in [5.41, 5.74) is 2.68. The SMILES string of the molecule is CC(=O)c1cccc(-c2ccnc(Nc3ccc(S(N)(=O)=O)cc3)n2)c1. The van der Waals surface area contributed by atoms with Crippen LogP contribution < -0.4 is 10.5 Å². The van der Waals surface area contributed by atoms with Crippen molar-refractivity contribution in [3.8, 4) is 11.3 Å². The largest absolute Gasteiger partial charge is 0.324 e. The number of nitrogens with one attached hydrogen (secondary N) is 1. The van der Waals surface area contributed by atoms with Gasteiger partial charge < -0.3 is 5.32 Å². The Hall–Kier alpha value is -3.10. The van der Waals surface area contributed by atoms with Crippen LogP contribution in [-0.2, 0) is 10.0 Å². The van der Waals surface area contributed by atoms with E-state index in [2.05, 4.69) is 15.3 Å². The molecule has 0 amide bonds. The predicted octanol–water partition coefficient (Wildman–Crippen LogP) is 2.74.